The monoisotopic (exact) mass is 449 g/mol. The van der Waals surface area contributed by atoms with Crippen molar-refractivity contribution in [1.82, 2.24) is 5.32 Å². The molecule has 1 heterocycles. The molecule has 0 aliphatic carbocycles. The largest absolute Gasteiger partial charge is 0.325 e. The second-order valence-corrected chi connectivity index (χ2v) is 7.98. The molecule has 1 atom stereocenters. The van der Waals surface area contributed by atoms with Crippen molar-refractivity contribution < 1.29 is 14.0 Å². The SMILES string of the molecule is N#CC1=C(SCC(=O)Nc2ccc(Cl)c(Cl)c2)NC(=O)C[C@H]1c1ccc(F)cc1. The minimum Gasteiger partial charge on any atom is -0.325 e. The van der Waals surface area contributed by atoms with Crippen LogP contribution in [-0.2, 0) is 9.59 Å². The standard InChI is InChI=1S/C20H14Cl2FN3O2S/c21-16-6-5-13(7-17(16)22)25-19(28)10-29-20-15(9-24)14(8-18(27)26-20)11-1-3-12(23)4-2-11/h1-7,14H,8,10H2,(H,25,28)(H,26,27)/t14-/m0/s1. The topological polar surface area (TPSA) is 82.0 Å². The molecule has 148 valence electrons. The van der Waals surface area contributed by atoms with E-state index in [1.54, 1.807) is 24.3 Å². The van der Waals surface area contributed by atoms with Crippen LogP contribution in [0.25, 0.3) is 0 Å². The zero-order chi connectivity index (χ0) is 21.0. The van der Waals surface area contributed by atoms with Crippen LogP contribution in [0.5, 0.6) is 0 Å². The maximum atomic E-state index is 13.2. The summed E-state index contributed by atoms with van der Waals surface area (Å²) in [6, 6.07) is 12.5. The van der Waals surface area contributed by atoms with Gasteiger partial charge in [-0.15, -0.1) is 0 Å². The summed E-state index contributed by atoms with van der Waals surface area (Å²) < 4.78 is 13.2. The number of anilines is 1. The van der Waals surface area contributed by atoms with Gasteiger partial charge in [0, 0.05) is 18.0 Å². The van der Waals surface area contributed by atoms with Crippen LogP contribution in [0, 0.1) is 17.1 Å². The van der Waals surface area contributed by atoms with Gasteiger partial charge in [-0.25, -0.2) is 4.39 Å². The second-order valence-electron chi connectivity index (χ2n) is 6.18. The van der Waals surface area contributed by atoms with Gasteiger partial charge in [-0.05, 0) is 35.9 Å². The smallest absolute Gasteiger partial charge is 0.234 e. The predicted octanol–water partition coefficient (Wildman–Crippen LogP) is 4.84. The number of allylic oxidation sites excluding steroid dienone is 1. The number of halogens is 3. The molecule has 1 aliphatic rings. The quantitative estimate of drug-likeness (QED) is 0.683. The number of nitrogens with zero attached hydrogens (tertiary/aromatic N) is 1. The zero-order valence-corrected chi connectivity index (χ0v) is 17.2. The second kappa shape index (κ2) is 9.31. The fourth-order valence-electron chi connectivity index (χ4n) is 2.82. The van der Waals surface area contributed by atoms with Crippen molar-refractivity contribution in [3.05, 3.63) is 74.5 Å². The van der Waals surface area contributed by atoms with Crippen LogP contribution in [0.2, 0.25) is 10.0 Å². The van der Waals surface area contributed by atoms with Crippen molar-refractivity contribution in [1.29, 1.82) is 5.26 Å². The summed E-state index contributed by atoms with van der Waals surface area (Å²) in [6.07, 6.45) is 0.0774. The molecular formula is C20H14Cl2FN3O2S. The molecule has 29 heavy (non-hydrogen) atoms. The Morgan fingerprint density at radius 2 is 1.97 bits per heavy atom. The highest BCUT2D eigenvalue weighted by atomic mass is 35.5. The average molecular weight is 450 g/mol. The Morgan fingerprint density at radius 1 is 1.24 bits per heavy atom. The number of benzene rings is 2. The van der Waals surface area contributed by atoms with Crippen LogP contribution < -0.4 is 10.6 Å². The molecule has 0 radical (unpaired) electrons. The molecule has 9 heteroatoms. The van der Waals surface area contributed by atoms with Crippen molar-refractivity contribution >= 4 is 52.5 Å². The molecule has 0 bridgehead atoms. The van der Waals surface area contributed by atoms with Crippen LogP contribution in [-0.4, -0.2) is 17.6 Å². The summed E-state index contributed by atoms with van der Waals surface area (Å²) in [4.78, 5) is 24.4. The summed E-state index contributed by atoms with van der Waals surface area (Å²) in [5.41, 5.74) is 1.48. The number of carbonyl (C=O) groups is 2. The van der Waals surface area contributed by atoms with Gasteiger partial charge in [-0.3, -0.25) is 9.59 Å². The molecule has 0 aromatic heterocycles. The van der Waals surface area contributed by atoms with Gasteiger partial charge in [-0.1, -0.05) is 47.1 Å². The molecule has 2 aromatic carbocycles. The average Bonchev–Trinajstić information content (AvgIpc) is 2.69. The molecule has 0 unspecified atom stereocenters. The van der Waals surface area contributed by atoms with E-state index in [4.69, 9.17) is 23.2 Å². The van der Waals surface area contributed by atoms with E-state index in [9.17, 15) is 19.2 Å². The number of nitrogens with one attached hydrogen (secondary N) is 2. The molecule has 1 aliphatic heterocycles. The Kier molecular flexibility index (Phi) is 6.80. The normalized spacial score (nSPS) is 16.2. The lowest BCUT2D eigenvalue weighted by Gasteiger charge is -2.25. The van der Waals surface area contributed by atoms with Crippen molar-refractivity contribution in [2.75, 3.05) is 11.1 Å². The molecule has 0 saturated carbocycles. The minimum atomic E-state index is -0.491. The van der Waals surface area contributed by atoms with Gasteiger partial charge in [0.1, 0.15) is 5.82 Å². The van der Waals surface area contributed by atoms with Crippen molar-refractivity contribution in [3.8, 4) is 6.07 Å². The number of thioether (sulfide) groups is 1. The van der Waals surface area contributed by atoms with Crippen LogP contribution in [0.15, 0.2) is 53.1 Å². The molecule has 0 saturated heterocycles. The Labute approximate surface area is 180 Å². The van der Waals surface area contributed by atoms with Crippen LogP contribution >= 0.6 is 35.0 Å². The summed E-state index contributed by atoms with van der Waals surface area (Å²) in [6.45, 7) is 0. The molecule has 2 aromatic rings. The lowest BCUT2D eigenvalue weighted by atomic mass is 9.87. The molecule has 2 N–H and O–H groups in total. The highest BCUT2D eigenvalue weighted by molar-refractivity contribution is 8.03. The molecule has 2 amide bonds. The van der Waals surface area contributed by atoms with E-state index in [1.807, 2.05) is 0 Å². The lowest BCUT2D eigenvalue weighted by molar-refractivity contribution is -0.121. The van der Waals surface area contributed by atoms with Gasteiger partial charge >= 0.3 is 0 Å². The van der Waals surface area contributed by atoms with Gasteiger partial charge < -0.3 is 10.6 Å². The van der Waals surface area contributed by atoms with Crippen LogP contribution in [0.1, 0.15) is 17.9 Å². The molecular weight excluding hydrogens is 436 g/mol. The van der Waals surface area contributed by atoms with E-state index in [1.165, 1.54) is 18.2 Å². The number of rotatable bonds is 5. The summed E-state index contributed by atoms with van der Waals surface area (Å²) >= 11 is 12.8. The number of amides is 2. The lowest BCUT2D eigenvalue weighted by Crippen LogP contribution is -2.31. The molecule has 5 nitrogen and oxygen atoms in total. The number of carbonyl (C=O) groups excluding carboxylic acids is 2. The minimum absolute atomic E-state index is 0.0306. The fourth-order valence-corrected chi connectivity index (χ4v) is 4.00. The van der Waals surface area contributed by atoms with Gasteiger partial charge in [0.25, 0.3) is 0 Å². The first-order chi connectivity index (χ1) is 13.9. The third kappa shape index (κ3) is 5.30. The summed E-state index contributed by atoms with van der Waals surface area (Å²) in [5, 5.41) is 16.0. The molecule has 3 rings (SSSR count). The molecule has 0 spiro atoms. The maximum Gasteiger partial charge on any atom is 0.234 e. The van der Waals surface area contributed by atoms with Gasteiger partial charge in [-0.2, -0.15) is 5.26 Å². The Hall–Kier alpha value is -2.53. The van der Waals surface area contributed by atoms with Crippen LogP contribution in [0.4, 0.5) is 10.1 Å². The first-order valence-electron chi connectivity index (χ1n) is 8.44. The van der Waals surface area contributed by atoms with E-state index in [2.05, 4.69) is 16.7 Å². The number of nitriles is 1. The molecule has 0 fully saturated rings. The van der Waals surface area contributed by atoms with E-state index in [-0.39, 0.29) is 24.0 Å². The Bertz CT molecular complexity index is 1040. The van der Waals surface area contributed by atoms with E-state index < -0.39 is 11.7 Å². The van der Waals surface area contributed by atoms with Gasteiger partial charge in [0.15, 0.2) is 0 Å². The third-order valence-corrected chi connectivity index (χ3v) is 5.94. The summed E-state index contributed by atoms with van der Waals surface area (Å²) in [5.74, 6) is -1.53. The van der Waals surface area contributed by atoms with Crippen molar-refractivity contribution in [3.63, 3.8) is 0 Å². The van der Waals surface area contributed by atoms with Crippen molar-refractivity contribution in [2.24, 2.45) is 0 Å². The zero-order valence-electron chi connectivity index (χ0n) is 14.8. The Morgan fingerprint density at radius 3 is 2.62 bits per heavy atom. The summed E-state index contributed by atoms with van der Waals surface area (Å²) in [7, 11) is 0. The van der Waals surface area contributed by atoms with Gasteiger partial charge in [0.05, 0.1) is 32.5 Å². The third-order valence-electron chi connectivity index (χ3n) is 4.18. The van der Waals surface area contributed by atoms with Crippen LogP contribution in [0.3, 0.4) is 0 Å². The number of hydrogen-bond acceptors (Lipinski definition) is 4. The van der Waals surface area contributed by atoms with E-state index >= 15 is 0 Å². The van der Waals surface area contributed by atoms with E-state index in [0.717, 1.165) is 11.8 Å². The van der Waals surface area contributed by atoms with Crippen molar-refractivity contribution in [2.45, 2.75) is 12.3 Å². The maximum absolute atomic E-state index is 13.2. The first-order valence-corrected chi connectivity index (χ1v) is 10.2. The first kappa shape index (κ1) is 21.2. The van der Waals surface area contributed by atoms with Gasteiger partial charge in [0.2, 0.25) is 11.8 Å². The number of hydrogen-bond donors (Lipinski definition) is 2. The van der Waals surface area contributed by atoms with E-state index in [0.29, 0.717) is 31.9 Å². The highest BCUT2D eigenvalue weighted by Gasteiger charge is 2.29. The predicted molar refractivity (Wildman–Crippen MR) is 112 cm³/mol. The fraction of sp³-hybridized carbons (Fsp3) is 0.150. The highest BCUT2D eigenvalue weighted by Crippen LogP contribution is 2.36. The Balaban J connectivity index is 1.74.